The molecule has 5 nitrogen and oxygen atoms in total. The second kappa shape index (κ2) is 8.40. The Morgan fingerprint density at radius 2 is 1.69 bits per heavy atom. The lowest BCUT2D eigenvalue weighted by Gasteiger charge is -2.14. The number of carbonyl (C=O) groups is 2. The number of nitrogens with one attached hydrogen (secondary N) is 1. The standard InChI is InChI=1S/C23H14F3N3O2S/c24-23(25,26)16-7-9-17(10-8-16)32-28-19-6-2-5-18-20(19)22(31)29(21(18)30)13-15-4-1-3-14(11-15)12-27/h1-11,28H,13H2. The average molecular weight is 453 g/mol. The SMILES string of the molecule is N#Cc1cccc(CN2C(=O)c3cccc(NSc4ccc(C(F)(F)F)cc4)c3C2=O)c1. The van der Waals surface area contributed by atoms with Crippen molar-refractivity contribution in [3.8, 4) is 6.07 Å². The van der Waals surface area contributed by atoms with Crippen molar-refractivity contribution in [1.82, 2.24) is 4.90 Å². The molecule has 1 N–H and O–H groups in total. The van der Waals surface area contributed by atoms with E-state index in [9.17, 15) is 22.8 Å². The summed E-state index contributed by atoms with van der Waals surface area (Å²) in [5.41, 5.74) is 1.15. The lowest BCUT2D eigenvalue weighted by atomic mass is 10.1. The molecule has 1 heterocycles. The highest BCUT2D eigenvalue weighted by Gasteiger charge is 2.37. The van der Waals surface area contributed by atoms with Gasteiger partial charge in [-0.05, 0) is 66.0 Å². The van der Waals surface area contributed by atoms with Crippen molar-refractivity contribution in [3.05, 3.63) is 94.5 Å². The Hall–Kier alpha value is -3.77. The van der Waals surface area contributed by atoms with Crippen LogP contribution in [0.15, 0.2) is 71.6 Å². The molecule has 160 valence electrons. The molecule has 3 aromatic carbocycles. The number of benzene rings is 3. The van der Waals surface area contributed by atoms with Gasteiger partial charge in [-0.1, -0.05) is 18.2 Å². The number of hydrogen-bond donors (Lipinski definition) is 1. The van der Waals surface area contributed by atoms with Crippen LogP contribution < -0.4 is 4.72 Å². The van der Waals surface area contributed by atoms with E-state index < -0.39 is 23.6 Å². The normalized spacial score (nSPS) is 13.1. The maximum Gasteiger partial charge on any atom is 0.416 e. The monoisotopic (exact) mass is 453 g/mol. The fourth-order valence-corrected chi connectivity index (χ4v) is 3.98. The summed E-state index contributed by atoms with van der Waals surface area (Å²) in [4.78, 5) is 27.5. The third kappa shape index (κ3) is 4.18. The van der Waals surface area contributed by atoms with Crippen molar-refractivity contribution < 1.29 is 22.8 Å². The minimum absolute atomic E-state index is 0.0212. The minimum atomic E-state index is -4.42. The maximum atomic E-state index is 13.0. The van der Waals surface area contributed by atoms with E-state index in [0.717, 1.165) is 29.0 Å². The van der Waals surface area contributed by atoms with Gasteiger partial charge in [-0.25, -0.2) is 0 Å². The maximum absolute atomic E-state index is 13.0. The largest absolute Gasteiger partial charge is 0.416 e. The number of alkyl halides is 3. The summed E-state index contributed by atoms with van der Waals surface area (Å²) in [5.74, 6) is -0.931. The highest BCUT2D eigenvalue weighted by molar-refractivity contribution is 8.00. The van der Waals surface area contributed by atoms with Crippen LogP contribution in [0.4, 0.5) is 18.9 Å². The molecule has 0 fully saturated rings. The van der Waals surface area contributed by atoms with E-state index in [2.05, 4.69) is 4.72 Å². The second-order valence-electron chi connectivity index (χ2n) is 6.96. The van der Waals surface area contributed by atoms with Crippen molar-refractivity contribution >= 4 is 29.4 Å². The number of anilines is 1. The van der Waals surface area contributed by atoms with E-state index in [0.29, 0.717) is 21.7 Å². The summed E-state index contributed by atoms with van der Waals surface area (Å²) < 4.78 is 41.1. The summed E-state index contributed by atoms with van der Waals surface area (Å²) in [6, 6.07) is 18.1. The Morgan fingerprint density at radius 1 is 0.969 bits per heavy atom. The molecule has 0 saturated heterocycles. The van der Waals surface area contributed by atoms with Gasteiger partial charge in [-0.15, -0.1) is 0 Å². The van der Waals surface area contributed by atoms with Gasteiger partial charge in [0.05, 0.1) is 40.6 Å². The fraction of sp³-hybridized carbons (Fsp3) is 0.0870. The number of carbonyl (C=O) groups excluding carboxylic acids is 2. The third-order valence-electron chi connectivity index (χ3n) is 4.86. The molecule has 0 aromatic heterocycles. The van der Waals surface area contributed by atoms with Crippen molar-refractivity contribution in [1.29, 1.82) is 5.26 Å². The van der Waals surface area contributed by atoms with Crippen LogP contribution >= 0.6 is 11.9 Å². The molecule has 3 aromatic rings. The van der Waals surface area contributed by atoms with Gasteiger partial charge < -0.3 is 4.72 Å². The smallest absolute Gasteiger partial charge is 0.325 e. The summed E-state index contributed by atoms with van der Waals surface area (Å²) >= 11 is 1.04. The van der Waals surface area contributed by atoms with Crippen LogP contribution in [-0.4, -0.2) is 16.7 Å². The molecule has 0 spiro atoms. The highest BCUT2D eigenvalue weighted by atomic mass is 32.2. The number of imide groups is 1. The van der Waals surface area contributed by atoms with Gasteiger partial charge in [0.1, 0.15) is 0 Å². The van der Waals surface area contributed by atoms with Gasteiger partial charge in [-0.3, -0.25) is 14.5 Å². The number of amides is 2. The summed E-state index contributed by atoms with van der Waals surface area (Å²) in [5, 5.41) is 9.05. The Balaban J connectivity index is 1.53. The predicted molar refractivity (Wildman–Crippen MR) is 113 cm³/mol. The van der Waals surface area contributed by atoms with Crippen LogP contribution in [0.3, 0.4) is 0 Å². The first kappa shape index (κ1) is 21.5. The number of nitriles is 1. The third-order valence-corrected chi connectivity index (χ3v) is 5.69. The molecule has 0 unspecified atom stereocenters. The van der Waals surface area contributed by atoms with Crippen LogP contribution in [0.5, 0.6) is 0 Å². The number of hydrogen-bond acceptors (Lipinski definition) is 5. The summed E-state index contributed by atoms with van der Waals surface area (Å²) in [7, 11) is 0. The van der Waals surface area contributed by atoms with E-state index >= 15 is 0 Å². The number of fused-ring (bicyclic) bond motifs is 1. The zero-order chi connectivity index (χ0) is 22.9. The van der Waals surface area contributed by atoms with Crippen molar-refractivity contribution in [2.24, 2.45) is 0 Å². The molecule has 4 rings (SSSR count). The van der Waals surface area contributed by atoms with Gasteiger partial charge in [-0.2, -0.15) is 18.4 Å². The molecule has 0 saturated carbocycles. The van der Waals surface area contributed by atoms with Crippen molar-refractivity contribution in [2.45, 2.75) is 17.6 Å². The second-order valence-corrected chi connectivity index (χ2v) is 7.84. The van der Waals surface area contributed by atoms with Crippen LogP contribution in [0.2, 0.25) is 0 Å². The quantitative estimate of drug-likeness (QED) is 0.408. The van der Waals surface area contributed by atoms with Crippen LogP contribution in [0.1, 0.15) is 37.4 Å². The summed E-state index contributed by atoms with van der Waals surface area (Å²) in [6.45, 7) is 0.0212. The molecular formula is C23H14F3N3O2S. The zero-order valence-electron chi connectivity index (χ0n) is 16.3. The molecule has 1 aliphatic heterocycles. The molecule has 0 radical (unpaired) electrons. The molecule has 0 atom stereocenters. The van der Waals surface area contributed by atoms with Crippen LogP contribution in [0, 0.1) is 11.3 Å². The summed E-state index contributed by atoms with van der Waals surface area (Å²) in [6.07, 6.45) is -4.42. The van der Waals surface area contributed by atoms with Gasteiger partial charge in [0.25, 0.3) is 11.8 Å². The first-order valence-electron chi connectivity index (χ1n) is 9.36. The van der Waals surface area contributed by atoms with Crippen molar-refractivity contribution in [3.63, 3.8) is 0 Å². The van der Waals surface area contributed by atoms with E-state index in [4.69, 9.17) is 5.26 Å². The van der Waals surface area contributed by atoms with Crippen LogP contribution in [0.25, 0.3) is 0 Å². The Bertz CT molecular complexity index is 1250. The highest BCUT2D eigenvalue weighted by Crippen LogP contribution is 2.34. The lowest BCUT2D eigenvalue weighted by molar-refractivity contribution is -0.137. The molecule has 0 bridgehead atoms. The molecule has 2 amide bonds. The molecule has 32 heavy (non-hydrogen) atoms. The van der Waals surface area contributed by atoms with Gasteiger partial charge in [0.15, 0.2) is 0 Å². The minimum Gasteiger partial charge on any atom is -0.325 e. The molecule has 1 aliphatic rings. The topological polar surface area (TPSA) is 73.2 Å². The lowest BCUT2D eigenvalue weighted by Crippen LogP contribution is -2.29. The Morgan fingerprint density at radius 3 is 2.38 bits per heavy atom. The van der Waals surface area contributed by atoms with E-state index in [1.807, 2.05) is 6.07 Å². The van der Waals surface area contributed by atoms with Crippen LogP contribution in [-0.2, 0) is 12.7 Å². The average Bonchev–Trinajstić information content (AvgIpc) is 3.03. The fourth-order valence-electron chi connectivity index (χ4n) is 3.31. The first-order chi connectivity index (χ1) is 15.3. The number of nitrogens with zero attached hydrogens (tertiary/aromatic N) is 2. The number of rotatable bonds is 5. The van der Waals surface area contributed by atoms with Crippen molar-refractivity contribution in [2.75, 3.05) is 4.72 Å². The molecular weight excluding hydrogens is 439 g/mol. The Kier molecular flexibility index (Phi) is 5.63. The van der Waals surface area contributed by atoms with Gasteiger partial charge in [0.2, 0.25) is 0 Å². The first-order valence-corrected chi connectivity index (χ1v) is 10.2. The zero-order valence-corrected chi connectivity index (χ0v) is 17.1. The van der Waals surface area contributed by atoms with E-state index in [1.54, 1.807) is 42.5 Å². The predicted octanol–water partition coefficient (Wildman–Crippen LogP) is 5.49. The van der Waals surface area contributed by atoms with E-state index in [1.165, 1.54) is 12.1 Å². The van der Waals surface area contributed by atoms with E-state index in [-0.39, 0.29) is 17.7 Å². The Labute approximate surface area is 185 Å². The van der Waals surface area contributed by atoms with Gasteiger partial charge in [0, 0.05) is 4.90 Å². The number of halogens is 3. The molecule has 0 aliphatic carbocycles. The molecule has 9 heteroatoms. The van der Waals surface area contributed by atoms with Gasteiger partial charge >= 0.3 is 6.18 Å².